The van der Waals surface area contributed by atoms with E-state index in [0.29, 0.717) is 18.3 Å². The van der Waals surface area contributed by atoms with Crippen LogP contribution in [0.2, 0.25) is 0 Å². The van der Waals surface area contributed by atoms with Gasteiger partial charge in [-0.25, -0.2) is 4.98 Å². The van der Waals surface area contributed by atoms with Gasteiger partial charge in [-0.2, -0.15) is 4.98 Å². The van der Waals surface area contributed by atoms with Crippen molar-refractivity contribution in [3.05, 3.63) is 12.3 Å². The molecule has 15 heavy (non-hydrogen) atoms. The van der Waals surface area contributed by atoms with Crippen molar-refractivity contribution in [2.75, 3.05) is 23.9 Å². The molecule has 0 aliphatic carbocycles. The molecule has 1 aromatic rings. The molecule has 3 N–H and O–H groups in total. The number of hydrogen-bond donors (Lipinski definition) is 2. The van der Waals surface area contributed by atoms with Gasteiger partial charge in [-0.1, -0.05) is 6.92 Å². The third-order valence-electron chi connectivity index (χ3n) is 2.08. The molecule has 0 bridgehead atoms. The molecule has 5 nitrogen and oxygen atoms in total. The van der Waals surface area contributed by atoms with Crippen LogP contribution in [0.3, 0.4) is 0 Å². The average molecular weight is 228 g/mol. The smallest absolute Gasteiger partial charge is 0.224 e. The molecule has 1 rings (SSSR count). The van der Waals surface area contributed by atoms with E-state index in [9.17, 15) is 4.21 Å². The quantitative estimate of drug-likeness (QED) is 0.772. The molecule has 1 heterocycles. The molecule has 0 saturated heterocycles. The van der Waals surface area contributed by atoms with Gasteiger partial charge in [-0.3, -0.25) is 4.21 Å². The molecule has 2 unspecified atom stereocenters. The first-order valence-electron chi connectivity index (χ1n) is 4.74. The molecule has 0 radical (unpaired) electrons. The van der Waals surface area contributed by atoms with Crippen molar-refractivity contribution in [3.63, 3.8) is 0 Å². The second kappa shape index (κ2) is 5.65. The highest BCUT2D eigenvalue weighted by Crippen LogP contribution is 2.03. The van der Waals surface area contributed by atoms with Gasteiger partial charge in [0.05, 0.1) is 0 Å². The first-order valence-corrected chi connectivity index (χ1v) is 6.36. The van der Waals surface area contributed by atoms with Crippen LogP contribution in [0, 0.1) is 0 Å². The molecule has 0 aliphatic rings. The topological polar surface area (TPSA) is 80.9 Å². The Morgan fingerprint density at radius 3 is 3.00 bits per heavy atom. The maximum atomic E-state index is 11.1. The minimum Gasteiger partial charge on any atom is -0.384 e. The molecule has 0 aliphatic heterocycles. The van der Waals surface area contributed by atoms with Gasteiger partial charge in [0, 0.05) is 35.0 Å². The molecule has 0 saturated carbocycles. The third kappa shape index (κ3) is 4.24. The van der Waals surface area contributed by atoms with E-state index in [1.165, 1.54) is 0 Å². The highest BCUT2D eigenvalue weighted by atomic mass is 32.2. The van der Waals surface area contributed by atoms with Gasteiger partial charge in [-0.05, 0) is 12.5 Å². The van der Waals surface area contributed by atoms with Crippen LogP contribution >= 0.6 is 0 Å². The highest BCUT2D eigenvalue weighted by molar-refractivity contribution is 7.84. The van der Waals surface area contributed by atoms with Gasteiger partial charge in [0.15, 0.2) is 0 Å². The minimum absolute atomic E-state index is 0.179. The van der Waals surface area contributed by atoms with Crippen LogP contribution in [0.25, 0.3) is 0 Å². The number of nitrogens with two attached hydrogens (primary N) is 1. The Balaban J connectivity index is 2.35. The van der Waals surface area contributed by atoms with Crippen LogP contribution in [0.15, 0.2) is 12.3 Å². The molecule has 0 aromatic carbocycles. The maximum absolute atomic E-state index is 11.1. The normalized spacial score (nSPS) is 14.5. The van der Waals surface area contributed by atoms with E-state index in [0.717, 1.165) is 6.42 Å². The van der Waals surface area contributed by atoms with Crippen LogP contribution < -0.4 is 11.1 Å². The summed E-state index contributed by atoms with van der Waals surface area (Å²) in [5.41, 5.74) is 5.50. The lowest BCUT2D eigenvalue weighted by molar-refractivity contribution is 0.672. The number of nitrogens with one attached hydrogen (secondary N) is 1. The average Bonchev–Trinajstić information content (AvgIpc) is 2.17. The van der Waals surface area contributed by atoms with Crippen molar-refractivity contribution >= 4 is 22.6 Å². The van der Waals surface area contributed by atoms with Gasteiger partial charge in [0.1, 0.15) is 5.82 Å². The molecule has 0 fully saturated rings. The first-order chi connectivity index (χ1) is 7.09. The summed E-state index contributed by atoms with van der Waals surface area (Å²) in [6.07, 6.45) is 4.13. The van der Waals surface area contributed by atoms with Crippen molar-refractivity contribution in [1.82, 2.24) is 9.97 Å². The van der Waals surface area contributed by atoms with E-state index < -0.39 is 10.8 Å². The van der Waals surface area contributed by atoms with Crippen molar-refractivity contribution in [1.29, 1.82) is 0 Å². The predicted molar refractivity (Wildman–Crippen MR) is 63.1 cm³/mol. The fourth-order valence-electron chi connectivity index (χ4n) is 1.01. The zero-order valence-corrected chi connectivity index (χ0v) is 9.75. The summed E-state index contributed by atoms with van der Waals surface area (Å²) >= 11 is 0. The number of aromatic nitrogens is 2. The first kappa shape index (κ1) is 11.9. The summed E-state index contributed by atoms with van der Waals surface area (Å²) in [4.78, 5) is 8.00. The lowest BCUT2D eigenvalue weighted by Crippen LogP contribution is -2.15. The van der Waals surface area contributed by atoms with Gasteiger partial charge >= 0.3 is 0 Å². The zero-order chi connectivity index (χ0) is 11.3. The van der Waals surface area contributed by atoms with Crippen LogP contribution in [0.1, 0.15) is 13.3 Å². The number of nitrogens with zero attached hydrogens (tertiary/aromatic N) is 2. The molecule has 1 aromatic heterocycles. The Bertz CT molecular complexity index is 345. The Hall–Kier alpha value is -1.17. The monoisotopic (exact) mass is 228 g/mol. The summed E-state index contributed by atoms with van der Waals surface area (Å²) < 4.78 is 11.1. The minimum atomic E-state index is -0.778. The van der Waals surface area contributed by atoms with Gasteiger partial charge in [-0.15, -0.1) is 0 Å². The lowest BCUT2D eigenvalue weighted by atomic mass is 10.3. The van der Waals surface area contributed by atoms with Crippen molar-refractivity contribution in [3.8, 4) is 0 Å². The SMILES string of the molecule is CC(CCNc1nccc(N)n1)S(C)=O. The Labute approximate surface area is 92.0 Å². The number of nitrogen functional groups attached to an aromatic ring is 1. The number of anilines is 2. The van der Waals surface area contributed by atoms with Gasteiger partial charge in [0.2, 0.25) is 5.95 Å². The molecule has 0 spiro atoms. The lowest BCUT2D eigenvalue weighted by Gasteiger charge is -2.08. The second-order valence-corrected chi connectivity index (χ2v) is 5.13. The molecule has 2 atom stereocenters. The molecular formula is C9H16N4OS. The van der Waals surface area contributed by atoms with Gasteiger partial charge in [0.25, 0.3) is 0 Å². The zero-order valence-electron chi connectivity index (χ0n) is 8.93. The van der Waals surface area contributed by atoms with Crippen LogP contribution in [-0.4, -0.2) is 32.2 Å². The van der Waals surface area contributed by atoms with Crippen molar-refractivity contribution < 1.29 is 4.21 Å². The summed E-state index contributed by atoms with van der Waals surface area (Å²) in [5.74, 6) is 0.962. The van der Waals surface area contributed by atoms with E-state index in [2.05, 4.69) is 15.3 Å². The van der Waals surface area contributed by atoms with Gasteiger partial charge < -0.3 is 11.1 Å². The van der Waals surface area contributed by atoms with Crippen LogP contribution in [-0.2, 0) is 10.8 Å². The predicted octanol–water partition coefficient (Wildman–Crippen LogP) is 0.628. The van der Waals surface area contributed by atoms with Crippen molar-refractivity contribution in [2.24, 2.45) is 0 Å². The summed E-state index contributed by atoms with van der Waals surface area (Å²) in [7, 11) is -0.778. The van der Waals surface area contributed by atoms with E-state index >= 15 is 0 Å². The third-order valence-corrected chi connectivity index (χ3v) is 3.45. The summed E-state index contributed by atoms with van der Waals surface area (Å²) in [6, 6.07) is 1.63. The largest absolute Gasteiger partial charge is 0.384 e. The Morgan fingerprint density at radius 1 is 1.67 bits per heavy atom. The van der Waals surface area contributed by atoms with E-state index in [1.54, 1.807) is 18.5 Å². The van der Waals surface area contributed by atoms with E-state index in [4.69, 9.17) is 5.73 Å². The Kier molecular flexibility index (Phi) is 4.48. The molecule has 0 amide bonds. The van der Waals surface area contributed by atoms with Crippen LogP contribution in [0.5, 0.6) is 0 Å². The molecule has 6 heteroatoms. The standard InChI is InChI=1S/C9H16N4OS/c1-7(15(2)14)3-5-11-9-12-6-4-8(10)13-9/h4,6-7H,3,5H2,1-2H3,(H3,10,11,12,13). The molecular weight excluding hydrogens is 212 g/mol. The fraction of sp³-hybridized carbons (Fsp3) is 0.556. The summed E-state index contributed by atoms with van der Waals surface area (Å²) in [5, 5.41) is 3.21. The molecule has 84 valence electrons. The Morgan fingerprint density at radius 2 is 2.40 bits per heavy atom. The highest BCUT2D eigenvalue weighted by Gasteiger charge is 2.05. The number of hydrogen-bond acceptors (Lipinski definition) is 5. The van der Waals surface area contributed by atoms with Crippen molar-refractivity contribution in [2.45, 2.75) is 18.6 Å². The van der Waals surface area contributed by atoms with E-state index in [-0.39, 0.29) is 5.25 Å². The van der Waals surface area contributed by atoms with E-state index in [1.807, 2.05) is 6.92 Å². The fourth-order valence-corrected chi connectivity index (χ4v) is 1.46. The maximum Gasteiger partial charge on any atom is 0.224 e. The number of rotatable bonds is 5. The second-order valence-electron chi connectivity index (χ2n) is 3.33. The van der Waals surface area contributed by atoms with Crippen LogP contribution in [0.4, 0.5) is 11.8 Å². The summed E-state index contributed by atoms with van der Waals surface area (Å²) in [6.45, 7) is 2.65.